The summed E-state index contributed by atoms with van der Waals surface area (Å²) in [5.74, 6) is -1.60. The van der Waals surface area contributed by atoms with Crippen LogP contribution in [-0.4, -0.2) is 36.1 Å². The average molecular weight is 500 g/mol. The molecule has 1 atom stereocenters. The number of nitrogens with zero attached hydrogens (tertiary/aromatic N) is 1. The second-order valence-corrected chi connectivity index (χ2v) is 8.33. The van der Waals surface area contributed by atoms with Crippen molar-refractivity contribution >= 4 is 46.3 Å². The van der Waals surface area contributed by atoms with Gasteiger partial charge in [-0.2, -0.15) is 0 Å². The lowest BCUT2D eigenvalue weighted by molar-refractivity contribution is -0.132. The number of hydrogen-bond donors (Lipinski definition) is 2. The number of aromatic hydroxyl groups is 1. The van der Waals surface area contributed by atoms with Crippen molar-refractivity contribution in [3.8, 4) is 17.2 Å². The lowest BCUT2D eigenvalue weighted by Gasteiger charge is -2.26. The number of aliphatic hydroxyl groups excluding tert-OH is 1. The number of benzene rings is 3. The zero-order chi connectivity index (χ0) is 24.6. The van der Waals surface area contributed by atoms with Gasteiger partial charge in [-0.25, -0.2) is 0 Å². The van der Waals surface area contributed by atoms with E-state index < -0.39 is 23.5 Å². The third-order valence-corrected chi connectivity index (χ3v) is 5.86. The second kappa shape index (κ2) is 9.29. The standard InChI is InChI=1S/C25H19Cl2NO6/c1-33-18-6-7-19(20(12-18)34-2)23(30)21-22(13-4-3-5-17(29)8-13)28(25(32)24(21)31)16-10-14(26)9-15(27)11-16/h3-12,22,29-30H,1-2H3/b23-21-. The van der Waals surface area contributed by atoms with E-state index in [1.807, 2.05) is 0 Å². The molecule has 3 aromatic carbocycles. The fourth-order valence-electron chi connectivity index (χ4n) is 3.93. The predicted octanol–water partition coefficient (Wildman–Crippen LogP) is 5.34. The average Bonchev–Trinajstić information content (AvgIpc) is 3.08. The summed E-state index contributed by atoms with van der Waals surface area (Å²) in [4.78, 5) is 27.7. The van der Waals surface area contributed by atoms with E-state index in [2.05, 4.69) is 0 Å². The number of aliphatic hydroxyl groups is 1. The quantitative estimate of drug-likeness (QED) is 0.279. The molecule has 0 spiro atoms. The summed E-state index contributed by atoms with van der Waals surface area (Å²) >= 11 is 12.3. The van der Waals surface area contributed by atoms with E-state index in [4.69, 9.17) is 32.7 Å². The van der Waals surface area contributed by atoms with Crippen molar-refractivity contribution in [1.29, 1.82) is 0 Å². The minimum Gasteiger partial charge on any atom is -0.508 e. The lowest BCUT2D eigenvalue weighted by Crippen LogP contribution is -2.29. The molecule has 2 N–H and O–H groups in total. The molecule has 0 aromatic heterocycles. The van der Waals surface area contributed by atoms with Gasteiger partial charge in [0.1, 0.15) is 23.0 Å². The molecule has 1 unspecified atom stereocenters. The van der Waals surface area contributed by atoms with Gasteiger partial charge in [-0.1, -0.05) is 35.3 Å². The minimum absolute atomic E-state index is 0.0748. The molecule has 1 aliphatic rings. The van der Waals surface area contributed by atoms with Gasteiger partial charge in [-0.05, 0) is 48.0 Å². The van der Waals surface area contributed by atoms with Crippen molar-refractivity contribution in [3.63, 3.8) is 0 Å². The van der Waals surface area contributed by atoms with Crippen LogP contribution in [0, 0.1) is 0 Å². The molecule has 9 heteroatoms. The molecule has 7 nitrogen and oxygen atoms in total. The molecular formula is C25H19Cl2NO6. The van der Waals surface area contributed by atoms with Crippen LogP contribution in [0.25, 0.3) is 5.76 Å². The maximum Gasteiger partial charge on any atom is 0.300 e. The van der Waals surface area contributed by atoms with Crippen molar-refractivity contribution in [1.82, 2.24) is 0 Å². The SMILES string of the molecule is COc1ccc(/C(O)=C2/C(=O)C(=O)N(c3cc(Cl)cc(Cl)c3)C2c2cccc(O)c2)c(OC)c1. The molecule has 0 bridgehead atoms. The fraction of sp³-hybridized carbons (Fsp3) is 0.120. The van der Waals surface area contributed by atoms with E-state index in [9.17, 15) is 19.8 Å². The van der Waals surface area contributed by atoms with E-state index in [1.165, 1.54) is 55.5 Å². The first-order valence-corrected chi connectivity index (χ1v) is 10.8. The molecule has 1 heterocycles. The summed E-state index contributed by atoms with van der Waals surface area (Å²) in [6.07, 6.45) is 0. The third kappa shape index (κ3) is 4.16. The molecule has 34 heavy (non-hydrogen) atoms. The number of amides is 1. The van der Waals surface area contributed by atoms with Crippen LogP contribution in [0.2, 0.25) is 10.0 Å². The van der Waals surface area contributed by atoms with E-state index in [0.29, 0.717) is 11.3 Å². The molecule has 4 rings (SSSR count). The number of phenols is 1. The second-order valence-electron chi connectivity index (χ2n) is 7.46. The molecule has 0 aliphatic carbocycles. The Labute approximate surface area is 205 Å². The molecule has 3 aromatic rings. The number of anilines is 1. The number of halogens is 2. The van der Waals surface area contributed by atoms with Gasteiger partial charge in [0.15, 0.2) is 0 Å². The number of hydrogen-bond acceptors (Lipinski definition) is 6. The van der Waals surface area contributed by atoms with E-state index >= 15 is 0 Å². The highest BCUT2D eigenvalue weighted by Crippen LogP contribution is 2.45. The highest BCUT2D eigenvalue weighted by molar-refractivity contribution is 6.52. The Kier molecular flexibility index (Phi) is 6.41. The molecule has 1 amide bonds. The maximum absolute atomic E-state index is 13.3. The molecule has 0 saturated carbocycles. The van der Waals surface area contributed by atoms with Crippen LogP contribution >= 0.6 is 23.2 Å². The number of carbonyl (C=O) groups is 2. The summed E-state index contributed by atoms with van der Waals surface area (Å²) in [6.45, 7) is 0. The van der Waals surface area contributed by atoms with Gasteiger partial charge in [-0.15, -0.1) is 0 Å². The van der Waals surface area contributed by atoms with E-state index in [-0.39, 0.29) is 38.4 Å². The van der Waals surface area contributed by atoms with Crippen LogP contribution in [0.5, 0.6) is 17.2 Å². The molecule has 1 saturated heterocycles. The Balaban J connectivity index is 1.99. The number of carbonyl (C=O) groups excluding carboxylic acids is 2. The van der Waals surface area contributed by atoms with Crippen molar-refractivity contribution < 1.29 is 29.3 Å². The van der Waals surface area contributed by atoms with Crippen LogP contribution < -0.4 is 14.4 Å². The number of ether oxygens (including phenoxy) is 2. The van der Waals surface area contributed by atoms with Gasteiger partial charge < -0.3 is 19.7 Å². The summed E-state index contributed by atoms with van der Waals surface area (Å²) in [6, 6.07) is 14.1. The largest absolute Gasteiger partial charge is 0.508 e. The van der Waals surface area contributed by atoms with Crippen LogP contribution in [0.1, 0.15) is 17.2 Å². The van der Waals surface area contributed by atoms with Crippen LogP contribution in [0.15, 0.2) is 66.2 Å². The summed E-state index contributed by atoms with van der Waals surface area (Å²) < 4.78 is 10.6. The number of phenolic OH excluding ortho intramolecular Hbond substituents is 1. The number of ketones is 1. The van der Waals surface area contributed by atoms with Gasteiger partial charge >= 0.3 is 0 Å². The Morgan fingerprint density at radius 3 is 2.26 bits per heavy atom. The Morgan fingerprint density at radius 1 is 0.941 bits per heavy atom. The first-order valence-electron chi connectivity index (χ1n) is 10.0. The third-order valence-electron chi connectivity index (χ3n) is 5.42. The fourth-order valence-corrected chi connectivity index (χ4v) is 4.44. The van der Waals surface area contributed by atoms with Gasteiger partial charge in [0, 0.05) is 21.8 Å². The minimum atomic E-state index is -1.08. The van der Waals surface area contributed by atoms with Crippen LogP contribution in [0.4, 0.5) is 5.69 Å². The van der Waals surface area contributed by atoms with Gasteiger partial charge in [0.25, 0.3) is 11.7 Å². The van der Waals surface area contributed by atoms with Crippen molar-refractivity contribution in [2.75, 3.05) is 19.1 Å². The zero-order valence-corrected chi connectivity index (χ0v) is 19.6. The number of rotatable bonds is 5. The Bertz CT molecular complexity index is 1320. The Morgan fingerprint density at radius 2 is 1.65 bits per heavy atom. The summed E-state index contributed by atoms with van der Waals surface area (Å²) in [5.41, 5.74) is 0.656. The topological polar surface area (TPSA) is 96.3 Å². The maximum atomic E-state index is 13.3. The monoisotopic (exact) mass is 499 g/mol. The van der Waals surface area contributed by atoms with Gasteiger partial charge in [-0.3, -0.25) is 14.5 Å². The first-order chi connectivity index (χ1) is 16.2. The number of Topliss-reactive ketones (excluding diaryl/α,β-unsaturated/α-hetero) is 1. The van der Waals surface area contributed by atoms with E-state index in [0.717, 1.165) is 0 Å². The van der Waals surface area contributed by atoms with Crippen molar-refractivity contribution in [2.45, 2.75) is 6.04 Å². The predicted molar refractivity (Wildman–Crippen MR) is 129 cm³/mol. The molecule has 174 valence electrons. The zero-order valence-electron chi connectivity index (χ0n) is 18.1. The highest BCUT2D eigenvalue weighted by atomic mass is 35.5. The van der Waals surface area contributed by atoms with Gasteiger partial charge in [0.05, 0.1) is 31.4 Å². The first kappa shape index (κ1) is 23.5. The lowest BCUT2D eigenvalue weighted by atomic mass is 9.94. The molecular weight excluding hydrogens is 481 g/mol. The number of methoxy groups -OCH3 is 2. The summed E-state index contributed by atoms with van der Waals surface area (Å²) in [7, 11) is 2.89. The Hall–Kier alpha value is -3.68. The van der Waals surface area contributed by atoms with Crippen molar-refractivity contribution in [3.05, 3.63) is 87.4 Å². The molecule has 0 radical (unpaired) electrons. The molecule has 1 aliphatic heterocycles. The summed E-state index contributed by atoms with van der Waals surface area (Å²) in [5, 5.41) is 21.9. The van der Waals surface area contributed by atoms with Crippen molar-refractivity contribution in [2.24, 2.45) is 0 Å². The van der Waals surface area contributed by atoms with Crippen LogP contribution in [0.3, 0.4) is 0 Å². The molecule has 1 fully saturated rings. The smallest absolute Gasteiger partial charge is 0.300 e. The van der Waals surface area contributed by atoms with E-state index in [1.54, 1.807) is 24.3 Å². The normalized spacial score (nSPS) is 17.2. The van der Waals surface area contributed by atoms with Gasteiger partial charge in [0.2, 0.25) is 0 Å². The highest BCUT2D eigenvalue weighted by Gasteiger charge is 2.47. The van der Waals surface area contributed by atoms with Crippen LogP contribution in [-0.2, 0) is 9.59 Å².